The number of phenols is 1. The van der Waals surface area contributed by atoms with Crippen molar-refractivity contribution >= 4 is 53.3 Å². The summed E-state index contributed by atoms with van der Waals surface area (Å²) in [7, 11) is 0. The predicted molar refractivity (Wildman–Crippen MR) is 211 cm³/mol. The number of esters is 1. The average molecular weight is 857 g/mol. The molecule has 0 aromatic heterocycles. The van der Waals surface area contributed by atoms with Crippen molar-refractivity contribution in [2.75, 3.05) is 19.8 Å². The standard InChI is InChI=1S/C39H52N8O14/c1-19(2)31(47-36(57)28(17-49)45-33(54)24(40)15-30(51)52)38(59)46-29-18-61-39(60)26(14-21-7-5-4-6-8-21)43-34(55)25(13-22-9-11-23(50)12-10-22)42-35(56)27(16-48)44-32(53)20(3)41-37(29)58/h4-12,19-20,24-29,31,48-50H,13-18,40H2,1-3H3,(H,41,58)(H,42,56)(H,43,55)(H,44,53)(H,45,54)(H,46,59)(H,47,57)(H,51,52)/t20-,24-,25-,26-,27-,28-,29-,31-/m0/s1. The molecule has 3 rings (SSSR count). The minimum atomic E-state index is -1.77. The van der Waals surface area contributed by atoms with Gasteiger partial charge >= 0.3 is 11.9 Å². The lowest BCUT2D eigenvalue weighted by atomic mass is 10.0. The second-order valence-electron chi connectivity index (χ2n) is 14.5. The van der Waals surface area contributed by atoms with E-state index in [2.05, 4.69) is 37.2 Å². The van der Waals surface area contributed by atoms with Gasteiger partial charge in [-0.1, -0.05) is 56.3 Å². The molecule has 1 aliphatic rings. The quantitative estimate of drug-likeness (QED) is 0.0753. The lowest BCUT2D eigenvalue weighted by Crippen LogP contribution is -2.62. The zero-order chi connectivity index (χ0) is 45.4. The molecule has 2 aromatic rings. The Morgan fingerprint density at radius 1 is 0.754 bits per heavy atom. The molecule has 1 heterocycles. The summed E-state index contributed by atoms with van der Waals surface area (Å²) in [6.45, 7) is 1.42. The number of nitrogens with one attached hydrogen (secondary N) is 7. The Morgan fingerprint density at radius 3 is 1.92 bits per heavy atom. The van der Waals surface area contributed by atoms with Gasteiger partial charge in [0.15, 0.2) is 0 Å². The van der Waals surface area contributed by atoms with Gasteiger partial charge in [-0.15, -0.1) is 0 Å². The van der Waals surface area contributed by atoms with Gasteiger partial charge in [-0.2, -0.15) is 0 Å². The lowest BCUT2D eigenvalue weighted by molar-refractivity contribution is -0.150. The molecule has 22 nitrogen and oxygen atoms in total. The predicted octanol–water partition coefficient (Wildman–Crippen LogP) is -4.41. The smallest absolute Gasteiger partial charge is 0.329 e. The van der Waals surface area contributed by atoms with Crippen LogP contribution in [0.15, 0.2) is 54.6 Å². The van der Waals surface area contributed by atoms with Crippen LogP contribution in [-0.2, 0) is 60.7 Å². The van der Waals surface area contributed by atoms with Crippen molar-refractivity contribution in [3.05, 3.63) is 65.7 Å². The van der Waals surface area contributed by atoms with Gasteiger partial charge in [0, 0.05) is 12.8 Å². The maximum Gasteiger partial charge on any atom is 0.329 e. The van der Waals surface area contributed by atoms with Crippen molar-refractivity contribution < 1.29 is 68.3 Å². The van der Waals surface area contributed by atoms with Crippen LogP contribution in [0.1, 0.15) is 38.3 Å². The number of carbonyl (C=O) groups excluding carboxylic acids is 8. The highest BCUT2D eigenvalue weighted by molar-refractivity contribution is 5.98. The van der Waals surface area contributed by atoms with Crippen LogP contribution in [0.5, 0.6) is 5.75 Å². The molecule has 1 fully saturated rings. The van der Waals surface area contributed by atoms with E-state index in [1.807, 2.05) is 0 Å². The highest BCUT2D eigenvalue weighted by atomic mass is 16.5. The molecule has 0 bridgehead atoms. The van der Waals surface area contributed by atoms with Crippen molar-refractivity contribution in [2.45, 2.75) is 88.4 Å². The average Bonchev–Trinajstić information content (AvgIpc) is 3.21. The number of cyclic esters (lactones) is 1. The Kier molecular flexibility index (Phi) is 18.5. The summed E-state index contributed by atoms with van der Waals surface area (Å²) < 4.78 is 5.52. The van der Waals surface area contributed by atoms with E-state index in [1.165, 1.54) is 45.0 Å². The van der Waals surface area contributed by atoms with E-state index in [4.69, 9.17) is 15.6 Å². The minimum absolute atomic E-state index is 0.0678. The fourth-order valence-electron chi connectivity index (χ4n) is 5.79. The number of carbonyl (C=O) groups is 9. The second-order valence-corrected chi connectivity index (χ2v) is 14.5. The van der Waals surface area contributed by atoms with E-state index in [-0.39, 0.29) is 18.6 Å². The maximum atomic E-state index is 13.9. The fraction of sp³-hybridized carbons (Fsp3) is 0.462. The molecule has 13 N–H and O–H groups in total. The molecule has 2 aromatic carbocycles. The van der Waals surface area contributed by atoms with E-state index in [0.717, 1.165) is 0 Å². The topological polar surface area (TPSA) is 354 Å². The number of ether oxygens (including phenoxy) is 1. The van der Waals surface area contributed by atoms with Crippen LogP contribution in [0, 0.1) is 5.92 Å². The molecular weight excluding hydrogens is 804 g/mol. The first-order chi connectivity index (χ1) is 28.8. The summed E-state index contributed by atoms with van der Waals surface area (Å²) >= 11 is 0. The van der Waals surface area contributed by atoms with E-state index in [0.29, 0.717) is 11.1 Å². The molecular formula is C39H52N8O14. The first-order valence-electron chi connectivity index (χ1n) is 19.1. The van der Waals surface area contributed by atoms with Crippen LogP contribution >= 0.6 is 0 Å². The third kappa shape index (κ3) is 15.2. The van der Waals surface area contributed by atoms with Gasteiger partial charge in [-0.3, -0.25) is 38.4 Å². The number of phenolic OH excluding ortho intramolecular Hbond substituents is 1. The molecule has 0 saturated carbocycles. The summed E-state index contributed by atoms with van der Waals surface area (Å²) in [5, 5.41) is 55.1. The summed E-state index contributed by atoms with van der Waals surface area (Å²) in [6, 6.07) is 1.67. The Hall–Kier alpha value is -6.65. The van der Waals surface area contributed by atoms with Crippen LogP contribution in [0.2, 0.25) is 0 Å². The monoisotopic (exact) mass is 856 g/mol. The number of hydrogen-bond donors (Lipinski definition) is 12. The number of rotatable bonds is 15. The Morgan fingerprint density at radius 2 is 1.33 bits per heavy atom. The number of carboxylic acids is 1. The number of nitrogens with two attached hydrogens (primary N) is 1. The largest absolute Gasteiger partial charge is 0.508 e. The number of hydrogen-bond acceptors (Lipinski definition) is 14. The molecule has 0 aliphatic carbocycles. The van der Waals surface area contributed by atoms with Gasteiger partial charge in [0.25, 0.3) is 0 Å². The van der Waals surface area contributed by atoms with Crippen molar-refractivity contribution in [3.8, 4) is 5.75 Å². The molecule has 7 amide bonds. The van der Waals surface area contributed by atoms with E-state index < -0.39 is 134 Å². The zero-order valence-corrected chi connectivity index (χ0v) is 33.6. The highest BCUT2D eigenvalue weighted by Gasteiger charge is 2.36. The van der Waals surface area contributed by atoms with Crippen molar-refractivity contribution in [3.63, 3.8) is 0 Å². The van der Waals surface area contributed by atoms with E-state index in [1.54, 1.807) is 30.3 Å². The van der Waals surface area contributed by atoms with Crippen LogP contribution < -0.4 is 43.0 Å². The van der Waals surface area contributed by atoms with Crippen LogP contribution in [0.25, 0.3) is 0 Å². The van der Waals surface area contributed by atoms with Crippen LogP contribution in [0.4, 0.5) is 0 Å². The zero-order valence-electron chi connectivity index (χ0n) is 33.6. The first kappa shape index (κ1) is 48.7. The normalized spacial score (nSPS) is 21.9. The number of benzene rings is 2. The molecule has 1 aliphatic heterocycles. The van der Waals surface area contributed by atoms with Crippen molar-refractivity contribution in [1.82, 2.24) is 37.2 Å². The molecule has 0 spiro atoms. The summed E-state index contributed by atoms with van der Waals surface area (Å²) in [5.41, 5.74) is 6.58. The maximum absolute atomic E-state index is 13.9. The number of aromatic hydroxyl groups is 1. The van der Waals surface area contributed by atoms with Gasteiger partial charge in [0.1, 0.15) is 54.6 Å². The molecule has 22 heteroatoms. The van der Waals surface area contributed by atoms with Crippen LogP contribution in [0.3, 0.4) is 0 Å². The molecule has 8 atom stereocenters. The number of aliphatic carboxylic acids is 1. The Labute approximate surface area is 349 Å². The summed E-state index contributed by atoms with van der Waals surface area (Å²) in [4.78, 5) is 118. The number of aliphatic hydroxyl groups is 2. The van der Waals surface area contributed by atoms with Gasteiger partial charge in [0.2, 0.25) is 41.4 Å². The molecule has 1 saturated heterocycles. The molecule has 0 radical (unpaired) electrons. The number of amides is 7. The van der Waals surface area contributed by atoms with E-state index >= 15 is 0 Å². The molecule has 61 heavy (non-hydrogen) atoms. The molecule has 332 valence electrons. The molecule has 0 unspecified atom stereocenters. The lowest BCUT2D eigenvalue weighted by Gasteiger charge is -2.29. The summed E-state index contributed by atoms with van der Waals surface area (Å²) in [6.07, 6.45) is -1.10. The van der Waals surface area contributed by atoms with Crippen LogP contribution in [-0.4, -0.2) is 142 Å². The van der Waals surface area contributed by atoms with Crippen molar-refractivity contribution in [2.24, 2.45) is 11.7 Å². The van der Waals surface area contributed by atoms with Crippen molar-refractivity contribution in [1.29, 1.82) is 0 Å². The van der Waals surface area contributed by atoms with Gasteiger partial charge in [-0.25, -0.2) is 4.79 Å². The SMILES string of the molecule is CC(C)[C@H](NC(=O)[C@H](CO)NC(=O)[C@@H](N)CC(=O)O)C(=O)N[C@H]1COC(=O)[C@H](Cc2ccccc2)NC(=O)[C@H](Cc2ccc(O)cc2)NC(=O)[C@H](CO)NC(=O)[C@H](C)NC1=O. The third-order valence-corrected chi connectivity index (χ3v) is 9.28. The second kappa shape index (κ2) is 23.2. The van der Waals surface area contributed by atoms with E-state index in [9.17, 15) is 58.5 Å². The Balaban J connectivity index is 1.96. The minimum Gasteiger partial charge on any atom is -0.508 e. The summed E-state index contributed by atoms with van der Waals surface area (Å²) in [5.74, 6) is -10.4. The number of aliphatic hydroxyl groups excluding tert-OH is 2. The van der Waals surface area contributed by atoms with Gasteiger partial charge in [0.05, 0.1) is 25.7 Å². The van der Waals surface area contributed by atoms with Gasteiger partial charge in [-0.05, 0) is 36.1 Å². The first-order valence-corrected chi connectivity index (χ1v) is 19.1. The Bertz CT molecular complexity index is 1900. The highest BCUT2D eigenvalue weighted by Crippen LogP contribution is 2.13. The third-order valence-electron chi connectivity index (χ3n) is 9.28. The number of carboxylic acid groups (broad SMARTS) is 1. The fourth-order valence-corrected chi connectivity index (χ4v) is 5.79. The van der Waals surface area contributed by atoms with Gasteiger partial charge < -0.3 is 68.1 Å².